The van der Waals surface area contributed by atoms with Crippen molar-refractivity contribution >= 4 is 80.8 Å². The number of anilines is 1. The van der Waals surface area contributed by atoms with Gasteiger partial charge >= 0.3 is 23.9 Å². The average molecular weight is 998 g/mol. The lowest BCUT2D eigenvalue weighted by Gasteiger charge is -2.49. The summed E-state index contributed by atoms with van der Waals surface area (Å²) in [6.45, 7) is 6.75. The van der Waals surface area contributed by atoms with E-state index in [0.29, 0.717) is 11.3 Å². The monoisotopic (exact) mass is 996 g/mol. The van der Waals surface area contributed by atoms with Crippen LogP contribution in [-0.4, -0.2) is 67.0 Å². The summed E-state index contributed by atoms with van der Waals surface area (Å²) in [7, 11) is 0. The van der Waals surface area contributed by atoms with Crippen LogP contribution in [0.15, 0.2) is 132 Å². The Balaban J connectivity index is 0.000000248. The highest BCUT2D eigenvalue weighted by atomic mass is 79.9. The van der Waals surface area contributed by atoms with Gasteiger partial charge < -0.3 is 31.5 Å². The zero-order chi connectivity index (χ0) is 50.0. The number of primary amides is 1. The van der Waals surface area contributed by atoms with E-state index in [9.17, 15) is 43.5 Å². The van der Waals surface area contributed by atoms with E-state index >= 15 is 0 Å². The molecule has 67 heavy (non-hydrogen) atoms. The molecule has 5 aromatic rings. The molecule has 0 spiro atoms. The van der Waals surface area contributed by atoms with Crippen molar-refractivity contribution in [2.45, 2.75) is 65.2 Å². The highest BCUT2D eigenvalue weighted by molar-refractivity contribution is 9.10. The van der Waals surface area contributed by atoms with Crippen LogP contribution < -0.4 is 11.1 Å². The van der Waals surface area contributed by atoms with Crippen molar-refractivity contribution < 1.29 is 58.8 Å². The molecule has 6 rings (SSSR count). The number of rotatable bonds is 15. The number of Topliss-reactive ketones (excluding diaryl/α,β-unsaturated/α-hetero) is 1. The Morgan fingerprint density at radius 2 is 1.04 bits per heavy atom. The first kappa shape index (κ1) is 54.4. The number of carbonyl (C=O) groups excluding carboxylic acids is 4. The second-order valence-corrected chi connectivity index (χ2v) is 17.3. The lowest BCUT2D eigenvalue weighted by molar-refractivity contribution is -0.152. The molecule has 2 amide bonds. The number of hydrogen-bond acceptors (Lipinski definition) is 8. The van der Waals surface area contributed by atoms with Gasteiger partial charge in [0.2, 0.25) is 11.0 Å². The lowest BCUT2D eigenvalue weighted by Crippen LogP contribution is -2.52. The minimum Gasteiger partial charge on any atom is -0.481 e. The molecule has 1 aliphatic carbocycles. The van der Waals surface area contributed by atoms with Gasteiger partial charge in [0, 0.05) is 45.8 Å². The van der Waals surface area contributed by atoms with E-state index in [2.05, 4.69) is 33.9 Å². The molecule has 1 saturated carbocycles. The van der Waals surface area contributed by atoms with Crippen LogP contribution in [0.3, 0.4) is 0 Å². The Bertz CT molecular complexity index is 2440. The molecule has 0 aliphatic heterocycles. The summed E-state index contributed by atoms with van der Waals surface area (Å²) < 4.78 is 0.932. The van der Waals surface area contributed by atoms with Gasteiger partial charge in [0.1, 0.15) is 5.78 Å². The van der Waals surface area contributed by atoms with Gasteiger partial charge in [-0.05, 0) is 80.1 Å². The number of amides is 2. The number of ketones is 1. The quantitative estimate of drug-likeness (QED) is 0.0484. The summed E-state index contributed by atoms with van der Waals surface area (Å²) in [5.41, 5.74) is 9.73. The van der Waals surface area contributed by atoms with Gasteiger partial charge in [-0.2, -0.15) is 0 Å². The van der Waals surface area contributed by atoms with Crippen LogP contribution in [0.25, 0.3) is 0 Å². The van der Waals surface area contributed by atoms with E-state index in [-0.39, 0.29) is 59.5 Å². The third kappa shape index (κ3) is 15.9. The third-order valence-electron chi connectivity index (χ3n) is 11.3. The van der Waals surface area contributed by atoms with E-state index in [1.807, 2.05) is 105 Å². The number of carboxylic acid groups (broad SMARTS) is 4. The molecule has 0 heterocycles. The molecule has 0 bridgehead atoms. The van der Waals surface area contributed by atoms with Gasteiger partial charge in [-0.25, -0.2) is 4.79 Å². The maximum absolute atomic E-state index is 12.3. The Kier molecular flexibility index (Phi) is 20.9. The fourth-order valence-corrected chi connectivity index (χ4v) is 8.40. The number of hydrogen-bond donors (Lipinski definition) is 7. The molecule has 2 unspecified atom stereocenters. The topological polar surface area (TPSA) is 256 Å². The maximum Gasteiger partial charge on any atom is 0.336 e. The summed E-state index contributed by atoms with van der Waals surface area (Å²) in [6, 6.07) is 37.5. The largest absolute Gasteiger partial charge is 0.481 e. The van der Waals surface area contributed by atoms with Crippen LogP contribution >= 0.6 is 28.6 Å². The highest BCUT2D eigenvalue weighted by Crippen LogP contribution is 2.57. The average Bonchev–Trinajstić information content (AvgIpc) is 3.27. The number of halogens is 1. The number of aryl methyl sites for hydroxylation is 2. The summed E-state index contributed by atoms with van der Waals surface area (Å²) >= 11 is 7.05. The van der Waals surface area contributed by atoms with E-state index in [4.69, 9.17) is 21.1 Å². The van der Waals surface area contributed by atoms with Gasteiger partial charge in [-0.3, -0.25) is 33.6 Å². The van der Waals surface area contributed by atoms with Crippen molar-refractivity contribution in [3.63, 3.8) is 0 Å². The first-order valence-corrected chi connectivity index (χ1v) is 22.1. The van der Waals surface area contributed by atoms with Gasteiger partial charge in [-0.15, -0.1) is 12.6 Å². The molecule has 352 valence electrons. The van der Waals surface area contributed by atoms with Crippen molar-refractivity contribution in [3.8, 4) is 0 Å². The van der Waals surface area contributed by atoms with Crippen molar-refractivity contribution in [3.05, 3.63) is 171 Å². The van der Waals surface area contributed by atoms with E-state index in [1.54, 1.807) is 31.2 Å². The predicted octanol–water partition coefficient (Wildman–Crippen LogP) is 9.45. The second kappa shape index (κ2) is 25.7. The molecule has 14 nitrogen and oxygen atoms in total. The third-order valence-corrected chi connectivity index (χ3v) is 12.0. The number of benzene rings is 5. The number of nitrogens with one attached hydrogen (secondary N) is 1. The fourth-order valence-electron chi connectivity index (χ4n) is 7.57. The zero-order valence-corrected chi connectivity index (χ0v) is 39.7. The number of aliphatic carboxylic acids is 3. The zero-order valence-electron chi connectivity index (χ0n) is 37.2. The molecule has 7 N–H and O–H groups in total. The van der Waals surface area contributed by atoms with Gasteiger partial charge in [0.25, 0.3) is 5.91 Å². The van der Waals surface area contributed by atoms with Crippen LogP contribution in [0.2, 0.25) is 0 Å². The molecule has 0 aromatic heterocycles. The molecule has 2 atom stereocenters. The SMILES string of the molecule is CC(=O)C(C)(CCC(=O)O)CCC(=O)O.Cc1cc(Br)cc(C)c1NC(=O)c1ccccc1C(=O)O.NC(=O)C1C(c2ccccc2)C(C(=O)O)C1c1ccccc1.O=C(S)c1ccccc1. The van der Waals surface area contributed by atoms with Crippen LogP contribution in [0.1, 0.15) is 105 Å². The molecule has 1 fully saturated rings. The lowest BCUT2D eigenvalue weighted by atomic mass is 9.52. The summed E-state index contributed by atoms with van der Waals surface area (Å²) in [5.74, 6) is -6.87. The molecule has 0 radical (unpaired) electrons. The molecule has 0 saturated heterocycles. The van der Waals surface area contributed by atoms with Crippen LogP contribution in [0.5, 0.6) is 0 Å². The minimum absolute atomic E-state index is 0.0117. The summed E-state index contributed by atoms with van der Waals surface area (Å²) in [4.78, 5) is 89.8. The van der Waals surface area contributed by atoms with E-state index < -0.39 is 52.9 Å². The summed E-state index contributed by atoms with van der Waals surface area (Å²) in [6.07, 6.45) is 0.140. The number of aromatic carboxylic acids is 1. The highest BCUT2D eigenvalue weighted by Gasteiger charge is 2.57. The second-order valence-electron chi connectivity index (χ2n) is 16.0. The normalized spacial score (nSPS) is 15.7. The number of carbonyl (C=O) groups is 8. The number of thiol groups is 1. The number of nitrogens with two attached hydrogens (primary N) is 1. The Hall–Kier alpha value is -6.91. The maximum atomic E-state index is 12.3. The smallest absolute Gasteiger partial charge is 0.336 e. The molecule has 1 aliphatic rings. The number of carboxylic acids is 4. The van der Waals surface area contributed by atoms with Gasteiger partial charge in [0.05, 0.1) is 23.0 Å². The molecular formula is C51H53BrN2O12S. The van der Waals surface area contributed by atoms with Crippen molar-refractivity contribution in [2.75, 3.05) is 5.32 Å². The fraction of sp³-hybridized carbons (Fsp3) is 0.255. The Morgan fingerprint density at radius 1 is 0.642 bits per heavy atom. The van der Waals surface area contributed by atoms with E-state index in [0.717, 1.165) is 26.7 Å². The molecule has 16 heteroatoms. The van der Waals surface area contributed by atoms with Crippen LogP contribution in [-0.2, 0) is 24.0 Å². The first-order valence-electron chi connectivity index (χ1n) is 20.8. The predicted molar refractivity (Wildman–Crippen MR) is 259 cm³/mol. The van der Waals surface area contributed by atoms with Gasteiger partial charge in [0.15, 0.2) is 0 Å². The van der Waals surface area contributed by atoms with Crippen LogP contribution in [0.4, 0.5) is 5.69 Å². The standard InChI is InChI=1S/C18H17NO3.C16H14BrNO3.C10H16O5.C7H6OS/c19-17(20)15-13(11-7-3-1-4-8-11)16(18(21)22)14(15)12-9-5-2-6-10-12;1-9-7-11(17)8-10(2)14(9)18-15(19)12-5-3-4-6-13(12)16(20)21;1-7(11)10(2,5-3-8(12)13)6-4-9(14)15;8-7(9)6-4-2-1-3-5-6/h1-10,13-16H,(H2,19,20)(H,21,22);3-8H,1-2H3,(H,18,19)(H,20,21);3-6H2,1-2H3,(H,12,13)(H,14,15);1-5H,(H,8,9). The van der Waals surface area contributed by atoms with Gasteiger partial charge in [-0.1, -0.05) is 126 Å². The summed E-state index contributed by atoms with van der Waals surface area (Å²) in [5, 5.41) is 38.4. The van der Waals surface area contributed by atoms with E-state index in [1.165, 1.54) is 19.1 Å². The molecular weight excluding hydrogens is 945 g/mol. The van der Waals surface area contributed by atoms with Crippen molar-refractivity contribution in [1.82, 2.24) is 0 Å². The van der Waals surface area contributed by atoms with Crippen LogP contribution in [0, 0.1) is 31.1 Å². The first-order chi connectivity index (χ1) is 31.6. The molecule has 5 aromatic carbocycles. The Labute approximate surface area is 402 Å². The minimum atomic E-state index is -1.12. The van der Waals surface area contributed by atoms with Crippen molar-refractivity contribution in [2.24, 2.45) is 23.0 Å². The van der Waals surface area contributed by atoms with Crippen molar-refractivity contribution in [1.29, 1.82) is 0 Å². The Morgan fingerprint density at radius 3 is 1.39 bits per heavy atom.